The second-order valence-electron chi connectivity index (χ2n) is 6.11. The Morgan fingerprint density at radius 1 is 1.31 bits per heavy atom. The Labute approximate surface area is 149 Å². The van der Waals surface area contributed by atoms with Gasteiger partial charge in [-0.1, -0.05) is 0 Å². The highest BCUT2D eigenvalue weighted by Crippen LogP contribution is 2.30. The van der Waals surface area contributed by atoms with E-state index in [9.17, 15) is 9.18 Å². The number of likely N-dealkylation sites (N-methyl/N-ethyl adjacent to an activating group) is 1. The van der Waals surface area contributed by atoms with Crippen molar-refractivity contribution < 1.29 is 18.7 Å². The molecule has 3 aromatic rings. The fraction of sp³-hybridized carbons (Fsp3) is 0.278. The predicted molar refractivity (Wildman–Crippen MR) is 90.9 cm³/mol. The van der Waals surface area contributed by atoms with Gasteiger partial charge in [-0.15, -0.1) is 0 Å². The van der Waals surface area contributed by atoms with Crippen molar-refractivity contribution >= 4 is 11.6 Å². The number of benzene rings is 1. The van der Waals surface area contributed by atoms with Crippen LogP contribution in [0.3, 0.4) is 0 Å². The SMILES string of the molecule is CC1Oc2ccn3ncc(c3n2)C(=O)N(C)CCOc2ccc(F)cc21. The van der Waals surface area contributed by atoms with Crippen molar-refractivity contribution in [2.45, 2.75) is 13.0 Å². The van der Waals surface area contributed by atoms with Gasteiger partial charge in [0, 0.05) is 24.9 Å². The Balaban J connectivity index is 1.82. The summed E-state index contributed by atoms with van der Waals surface area (Å²) in [6, 6.07) is 5.93. The summed E-state index contributed by atoms with van der Waals surface area (Å²) in [6.07, 6.45) is 2.67. The van der Waals surface area contributed by atoms with Gasteiger partial charge in [-0.25, -0.2) is 8.91 Å². The first-order valence-electron chi connectivity index (χ1n) is 8.21. The Kier molecular flexibility index (Phi) is 3.95. The summed E-state index contributed by atoms with van der Waals surface area (Å²) >= 11 is 0. The van der Waals surface area contributed by atoms with Gasteiger partial charge in [0.1, 0.15) is 29.8 Å². The van der Waals surface area contributed by atoms with Crippen molar-refractivity contribution in [2.75, 3.05) is 20.2 Å². The van der Waals surface area contributed by atoms with Crippen LogP contribution in [0.25, 0.3) is 5.65 Å². The molecule has 0 fully saturated rings. The van der Waals surface area contributed by atoms with Gasteiger partial charge in [0.15, 0.2) is 5.65 Å². The fourth-order valence-electron chi connectivity index (χ4n) is 2.88. The molecule has 2 aromatic heterocycles. The molecule has 1 aliphatic heterocycles. The minimum absolute atomic E-state index is 0.208. The Bertz CT molecular complexity index is 988. The standard InChI is InChI=1S/C18H17FN4O3/c1-11-13-9-12(19)3-4-15(13)25-8-7-22(2)18(24)14-10-20-23-6-5-16(26-11)21-17(14)23/h3-6,9-11H,7-8H2,1-2H3. The number of ether oxygens (including phenoxy) is 2. The summed E-state index contributed by atoms with van der Waals surface area (Å²) in [6.45, 7) is 2.42. The van der Waals surface area contributed by atoms with Gasteiger partial charge in [-0.3, -0.25) is 4.79 Å². The number of fused-ring (bicyclic) bond motifs is 2. The predicted octanol–water partition coefficient (Wildman–Crippen LogP) is 2.47. The number of nitrogens with zero attached hydrogens (tertiary/aromatic N) is 4. The summed E-state index contributed by atoms with van der Waals surface area (Å²) in [5, 5.41) is 4.15. The van der Waals surface area contributed by atoms with E-state index >= 15 is 0 Å². The number of hydrogen-bond donors (Lipinski definition) is 0. The van der Waals surface area contributed by atoms with Crippen molar-refractivity contribution in [3.05, 3.63) is 53.6 Å². The van der Waals surface area contributed by atoms with Crippen molar-refractivity contribution in [1.29, 1.82) is 0 Å². The summed E-state index contributed by atoms with van der Waals surface area (Å²) in [7, 11) is 1.68. The number of carbonyl (C=O) groups is 1. The number of rotatable bonds is 0. The Hall–Kier alpha value is -3.16. The number of carbonyl (C=O) groups excluding carboxylic acids is 1. The number of aromatic nitrogens is 3. The lowest BCUT2D eigenvalue weighted by molar-refractivity contribution is 0.0775. The molecule has 0 aliphatic carbocycles. The molecule has 1 aliphatic rings. The highest BCUT2D eigenvalue weighted by molar-refractivity contribution is 5.99. The molecule has 1 unspecified atom stereocenters. The molecule has 0 saturated carbocycles. The van der Waals surface area contributed by atoms with Crippen LogP contribution >= 0.6 is 0 Å². The summed E-state index contributed by atoms with van der Waals surface area (Å²) in [5.74, 6) is 0.250. The molecule has 7 nitrogen and oxygen atoms in total. The summed E-state index contributed by atoms with van der Waals surface area (Å²) in [4.78, 5) is 18.6. The quantitative estimate of drug-likeness (QED) is 0.619. The zero-order valence-corrected chi connectivity index (χ0v) is 14.3. The second kappa shape index (κ2) is 6.29. The Morgan fingerprint density at radius 2 is 2.15 bits per heavy atom. The van der Waals surface area contributed by atoms with Crippen LogP contribution < -0.4 is 9.47 Å². The third-order valence-corrected chi connectivity index (χ3v) is 4.31. The van der Waals surface area contributed by atoms with Gasteiger partial charge in [0.2, 0.25) is 5.88 Å². The minimum atomic E-state index is -0.490. The molecule has 4 rings (SSSR count). The van der Waals surface area contributed by atoms with Crippen molar-refractivity contribution in [3.63, 3.8) is 0 Å². The normalized spacial score (nSPS) is 17.7. The van der Waals surface area contributed by atoms with Crippen molar-refractivity contribution in [3.8, 4) is 11.6 Å². The monoisotopic (exact) mass is 356 g/mol. The van der Waals surface area contributed by atoms with Crippen LogP contribution in [0.4, 0.5) is 4.39 Å². The van der Waals surface area contributed by atoms with Gasteiger partial charge in [0.05, 0.1) is 12.7 Å². The molecule has 0 radical (unpaired) electrons. The highest BCUT2D eigenvalue weighted by Gasteiger charge is 2.21. The molecule has 134 valence electrons. The van der Waals surface area contributed by atoms with E-state index in [1.165, 1.54) is 27.7 Å². The molecule has 0 spiro atoms. The van der Waals surface area contributed by atoms with Gasteiger partial charge in [0.25, 0.3) is 5.91 Å². The molecule has 1 aromatic carbocycles. The van der Waals surface area contributed by atoms with Gasteiger partial charge in [-0.2, -0.15) is 10.1 Å². The summed E-state index contributed by atoms with van der Waals surface area (Å²) in [5.41, 5.74) is 1.37. The van der Waals surface area contributed by atoms with E-state index in [1.807, 2.05) is 0 Å². The first-order valence-corrected chi connectivity index (χ1v) is 8.21. The molecule has 1 amide bonds. The van der Waals surface area contributed by atoms with Crippen LogP contribution in [0.15, 0.2) is 36.7 Å². The third-order valence-electron chi connectivity index (χ3n) is 4.31. The maximum absolute atomic E-state index is 13.7. The van der Waals surface area contributed by atoms with Crippen LogP contribution in [-0.4, -0.2) is 45.6 Å². The van der Waals surface area contributed by atoms with E-state index in [4.69, 9.17) is 9.47 Å². The third kappa shape index (κ3) is 2.83. The average Bonchev–Trinajstić information content (AvgIpc) is 3.04. The van der Waals surface area contributed by atoms with Gasteiger partial charge >= 0.3 is 0 Å². The zero-order chi connectivity index (χ0) is 18.3. The van der Waals surface area contributed by atoms with Crippen molar-refractivity contribution in [2.24, 2.45) is 0 Å². The smallest absolute Gasteiger partial charge is 0.259 e. The highest BCUT2D eigenvalue weighted by atomic mass is 19.1. The average molecular weight is 356 g/mol. The topological polar surface area (TPSA) is 69.0 Å². The molecule has 1 atom stereocenters. The minimum Gasteiger partial charge on any atom is -0.491 e. The number of hydrogen-bond acceptors (Lipinski definition) is 5. The van der Waals surface area contributed by atoms with E-state index in [0.717, 1.165) is 0 Å². The lowest BCUT2D eigenvalue weighted by Gasteiger charge is -2.19. The van der Waals surface area contributed by atoms with Crippen LogP contribution in [0.5, 0.6) is 11.6 Å². The van der Waals surface area contributed by atoms with E-state index in [2.05, 4.69) is 10.1 Å². The largest absolute Gasteiger partial charge is 0.491 e. The van der Waals surface area contributed by atoms with E-state index in [-0.39, 0.29) is 18.3 Å². The van der Waals surface area contributed by atoms with Crippen LogP contribution in [0.2, 0.25) is 0 Å². The first kappa shape index (κ1) is 16.3. The lowest BCUT2D eigenvalue weighted by atomic mass is 10.1. The van der Waals surface area contributed by atoms with Gasteiger partial charge < -0.3 is 14.4 Å². The zero-order valence-electron chi connectivity index (χ0n) is 14.3. The summed E-state index contributed by atoms with van der Waals surface area (Å²) < 4.78 is 26.9. The van der Waals surface area contributed by atoms with E-state index in [1.54, 1.807) is 32.3 Å². The molecule has 3 heterocycles. The first-order chi connectivity index (χ1) is 12.5. The maximum Gasteiger partial charge on any atom is 0.259 e. The van der Waals surface area contributed by atoms with Crippen LogP contribution in [-0.2, 0) is 0 Å². The molecule has 8 heteroatoms. The number of amides is 1. The molecular formula is C18H17FN4O3. The van der Waals surface area contributed by atoms with Crippen LogP contribution in [0.1, 0.15) is 28.9 Å². The molecule has 2 bridgehead atoms. The maximum atomic E-state index is 13.7. The fourth-order valence-corrected chi connectivity index (χ4v) is 2.88. The molecule has 26 heavy (non-hydrogen) atoms. The second-order valence-corrected chi connectivity index (χ2v) is 6.11. The van der Waals surface area contributed by atoms with E-state index in [0.29, 0.717) is 34.9 Å². The molecular weight excluding hydrogens is 339 g/mol. The van der Waals surface area contributed by atoms with Crippen LogP contribution in [0, 0.1) is 5.82 Å². The Morgan fingerprint density at radius 3 is 3.00 bits per heavy atom. The molecule has 0 N–H and O–H groups in total. The molecule has 0 saturated heterocycles. The van der Waals surface area contributed by atoms with Gasteiger partial charge in [-0.05, 0) is 25.1 Å². The lowest BCUT2D eigenvalue weighted by Crippen LogP contribution is -2.31. The van der Waals surface area contributed by atoms with Crippen molar-refractivity contribution in [1.82, 2.24) is 19.5 Å². The van der Waals surface area contributed by atoms with E-state index < -0.39 is 6.10 Å². The number of halogens is 1.